The minimum atomic E-state index is 0.836. The van der Waals surface area contributed by atoms with E-state index in [1.165, 1.54) is 11.1 Å². The average Bonchev–Trinajstić information content (AvgIpc) is 2.49. The van der Waals surface area contributed by atoms with Crippen LogP contribution in [0.15, 0.2) is 18.2 Å². The van der Waals surface area contributed by atoms with Crippen LogP contribution >= 0.6 is 0 Å². The number of methoxy groups -OCH3 is 1. The predicted octanol–water partition coefficient (Wildman–Crippen LogP) is 1.53. The number of fused-ring (bicyclic) bond motifs is 1. The first-order valence-electron chi connectivity index (χ1n) is 5.59. The fourth-order valence-corrected chi connectivity index (χ4v) is 2.09. The molecule has 0 fully saturated rings. The lowest BCUT2D eigenvalue weighted by Gasteiger charge is -2.18. The molecular formula is C13H18NO. The number of rotatable bonds is 3. The summed E-state index contributed by atoms with van der Waals surface area (Å²) in [5, 5.41) is 0. The highest BCUT2D eigenvalue weighted by atomic mass is 16.5. The summed E-state index contributed by atoms with van der Waals surface area (Å²) in [6, 6.07) is 9.52. The minimum Gasteiger partial charge on any atom is -0.383 e. The van der Waals surface area contributed by atoms with Crippen molar-refractivity contribution in [3.63, 3.8) is 0 Å². The SMILES string of the molecule is COCCN1CCc2c[c]ccc2CC1. The van der Waals surface area contributed by atoms with E-state index in [2.05, 4.69) is 23.1 Å². The lowest BCUT2D eigenvalue weighted by Crippen LogP contribution is -2.29. The molecule has 1 aliphatic heterocycles. The quantitative estimate of drug-likeness (QED) is 0.740. The Bertz CT molecular complexity index is 284. The molecule has 1 aliphatic rings. The second kappa shape index (κ2) is 5.29. The fourth-order valence-electron chi connectivity index (χ4n) is 2.09. The van der Waals surface area contributed by atoms with Gasteiger partial charge in [0, 0.05) is 26.7 Å². The van der Waals surface area contributed by atoms with E-state index in [1.807, 2.05) is 6.07 Å². The molecule has 0 atom stereocenters. The van der Waals surface area contributed by atoms with Gasteiger partial charge >= 0.3 is 0 Å². The summed E-state index contributed by atoms with van der Waals surface area (Å²) in [5.74, 6) is 0. The standard InChI is InChI=1S/C13H18NO/c1-15-11-10-14-8-6-12-4-2-3-5-13(12)7-9-14/h2,4-5H,6-11H2,1H3. The zero-order valence-corrected chi connectivity index (χ0v) is 9.33. The third-order valence-corrected chi connectivity index (χ3v) is 3.06. The van der Waals surface area contributed by atoms with Gasteiger partial charge in [-0.15, -0.1) is 0 Å². The molecule has 0 aliphatic carbocycles. The zero-order valence-electron chi connectivity index (χ0n) is 9.33. The number of ether oxygens (including phenoxy) is 1. The minimum absolute atomic E-state index is 0.836. The third-order valence-electron chi connectivity index (χ3n) is 3.06. The number of nitrogens with zero attached hydrogens (tertiary/aromatic N) is 1. The van der Waals surface area contributed by atoms with Crippen molar-refractivity contribution in [2.75, 3.05) is 33.4 Å². The van der Waals surface area contributed by atoms with Gasteiger partial charge in [-0.3, -0.25) is 0 Å². The van der Waals surface area contributed by atoms with E-state index in [0.717, 1.165) is 39.1 Å². The maximum Gasteiger partial charge on any atom is 0.0589 e. The molecule has 81 valence electrons. The normalized spacial score (nSPS) is 17.1. The number of hydrogen-bond donors (Lipinski definition) is 0. The molecule has 0 saturated heterocycles. The molecule has 0 bridgehead atoms. The highest BCUT2D eigenvalue weighted by Gasteiger charge is 2.12. The molecule has 2 nitrogen and oxygen atoms in total. The first-order chi connectivity index (χ1) is 7.40. The van der Waals surface area contributed by atoms with Crippen LogP contribution in [-0.2, 0) is 17.6 Å². The third kappa shape index (κ3) is 2.80. The summed E-state index contributed by atoms with van der Waals surface area (Å²) in [4.78, 5) is 2.48. The Labute approximate surface area is 91.9 Å². The van der Waals surface area contributed by atoms with Crippen LogP contribution in [0.25, 0.3) is 0 Å². The number of benzene rings is 1. The van der Waals surface area contributed by atoms with E-state index in [9.17, 15) is 0 Å². The van der Waals surface area contributed by atoms with Crippen molar-refractivity contribution >= 4 is 0 Å². The molecule has 1 aromatic rings. The monoisotopic (exact) mass is 204 g/mol. The molecule has 0 amide bonds. The van der Waals surface area contributed by atoms with Crippen LogP contribution in [0.2, 0.25) is 0 Å². The van der Waals surface area contributed by atoms with E-state index in [0.29, 0.717) is 0 Å². The van der Waals surface area contributed by atoms with Gasteiger partial charge in [-0.1, -0.05) is 18.2 Å². The molecule has 1 heterocycles. The van der Waals surface area contributed by atoms with E-state index in [1.54, 1.807) is 7.11 Å². The van der Waals surface area contributed by atoms with Crippen molar-refractivity contribution < 1.29 is 4.74 Å². The van der Waals surface area contributed by atoms with Crippen LogP contribution in [0, 0.1) is 6.07 Å². The Morgan fingerprint density at radius 1 is 1.33 bits per heavy atom. The van der Waals surface area contributed by atoms with Gasteiger partial charge in [0.15, 0.2) is 0 Å². The van der Waals surface area contributed by atoms with Gasteiger partial charge in [0.25, 0.3) is 0 Å². The second-order valence-electron chi connectivity index (χ2n) is 4.03. The Hall–Kier alpha value is -0.860. The average molecular weight is 204 g/mol. The van der Waals surface area contributed by atoms with Crippen molar-refractivity contribution in [2.45, 2.75) is 12.8 Å². The first kappa shape index (κ1) is 10.7. The molecule has 0 unspecified atom stereocenters. The predicted molar refractivity (Wildman–Crippen MR) is 61.0 cm³/mol. The van der Waals surface area contributed by atoms with Gasteiger partial charge in [0.05, 0.1) is 6.61 Å². The van der Waals surface area contributed by atoms with Crippen LogP contribution in [-0.4, -0.2) is 38.3 Å². The van der Waals surface area contributed by atoms with Gasteiger partial charge in [-0.2, -0.15) is 0 Å². The van der Waals surface area contributed by atoms with Gasteiger partial charge < -0.3 is 9.64 Å². The van der Waals surface area contributed by atoms with Gasteiger partial charge in [0.1, 0.15) is 0 Å². The van der Waals surface area contributed by atoms with Crippen LogP contribution in [0.1, 0.15) is 11.1 Å². The Morgan fingerprint density at radius 2 is 2.13 bits per heavy atom. The van der Waals surface area contributed by atoms with Crippen LogP contribution < -0.4 is 0 Å². The number of hydrogen-bond acceptors (Lipinski definition) is 2. The highest BCUT2D eigenvalue weighted by molar-refractivity contribution is 5.28. The van der Waals surface area contributed by atoms with Crippen LogP contribution in [0.3, 0.4) is 0 Å². The van der Waals surface area contributed by atoms with E-state index >= 15 is 0 Å². The van der Waals surface area contributed by atoms with Crippen LogP contribution in [0.4, 0.5) is 0 Å². The molecule has 2 heteroatoms. The van der Waals surface area contributed by atoms with Crippen molar-refractivity contribution in [3.05, 3.63) is 35.4 Å². The van der Waals surface area contributed by atoms with Gasteiger partial charge in [-0.25, -0.2) is 0 Å². The van der Waals surface area contributed by atoms with Gasteiger partial charge in [0.2, 0.25) is 0 Å². The molecule has 0 saturated carbocycles. The summed E-state index contributed by atoms with van der Waals surface area (Å²) >= 11 is 0. The molecule has 0 spiro atoms. The topological polar surface area (TPSA) is 12.5 Å². The lowest BCUT2D eigenvalue weighted by atomic mass is 10.0. The largest absolute Gasteiger partial charge is 0.383 e. The van der Waals surface area contributed by atoms with Crippen molar-refractivity contribution in [3.8, 4) is 0 Å². The highest BCUT2D eigenvalue weighted by Crippen LogP contribution is 2.14. The van der Waals surface area contributed by atoms with Crippen molar-refractivity contribution in [1.29, 1.82) is 0 Å². The smallest absolute Gasteiger partial charge is 0.0589 e. The Morgan fingerprint density at radius 3 is 2.93 bits per heavy atom. The van der Waals surface area contributed by atoms with Crippen molar-refractivity contribution in [2.24, 2.45) is 0 Å². The summed E-state index contributed by atoms with van der Waals surface area (Å²) in [6.07, 6.45) is 2.31. The molecular weight excluding hydrogens is 186 g/mol. The molecule has 0 N–H and O–H groups in total. The summed E-state index contributed by atoms with van der Waals surface area (Å²) in [7, 11) is 1.77. The zero-order chi connectivity index (χ0) is 10.5. The second-order valence-corrected chi connectivity index (χ2v) is 4.03. The molecule has 1 aromatic carbocycles. The summed E-state index contributed by atoms with van der Waals surface area (Å²) in [6.45, 7) is 4.19. The molecule has 1 radical (unpaired) electrons. The summed E-state index contributed by atoms with van der Waals surface area (Å²) < 4.78 is 5.11. The van der Waals surface area contributed by atoms with E-state index in [-0.39, 0.29) is 0 Å². The summed E-state index contributed by atoms with van der Waals surface area (Å²) in [5.41, 5.74) is 2.96. The van der Waals surface area contributed by atoms with Crippen molar-refractivity contribution in [1.82, 2.24) is 4.90 Å². The maximum atomic E-state index is 5.11. The van der Waals surface area contributed by atoms with E-state index < -0.39 is 0 Å². The Balaban J connectivity index is 1.96. The maximum absolute atomic E-state index is 5.11. The Kier molecular flexibility index (Phi) is 3.75. The molecule has 15 heavy (non-hydrogen) atoms. The lowest BCUT2D eigenvalue weighted by molar-refractivity contribution is 0.150. The first-order valence-corrected chi connectivity index (χ1v) is 5.59. The molecule has 2 rings (SSSR count). The molecule has 0 aromatic heterocycles. The van der Waals surface area contributed by atoms with E-state index in [4.69, 9.17) is 4.74 Å². The van der Waals surface area contributed by atoms with Crippen LogP contribution in [0.5, 0.6) is 0 Å². The fraction of sp³-hybridized carbons (Fsp3) is 0.538. The van der Waals surface area contributed by atoms with Gasteiger partial charge in [-0.05, 0) is 30.0 Å².